The number of carbonyl (C=O) groups is 1. The lowest BCUT2D eigenvalue weighted by atomic mass is 10.2. The minimum atomic E-state index is -1.54. The van der Waals surface area contributed by atoms with Gasteiger partial charge in [-0.1, -0.05) is 12.2 Å². The Bertz CT molecular complexity index is 390. The van der Waals surface area contributed by atoms with Gasteiger partial charge in [-0.05, 0) is 17.7 Å². The van der Waals surface area contributed by atoms with Crippen molar-refractivity contribution in [2.75, 3.05) is 0 Å². The Hall–Kier alpha value is -1.78. The SMILES string of the molecule is O=C(O)CC=Cc1cc(F)c(F)c(F)c1. The molecule has 0 saturated carbocycles. The van der Waals surface area contributed by atoms with Crippen LogP contribution in [0.5, 0.6) is 0 Å². The van der Waals surface area contributed by atoms with Crippen LogP contribution in [0, 0.1) is 17.5 Å². The molecule has 0 aromatic heterocycles. The van der Waals surface area contributed by atoms with E-state index in [9.17, 15) is 18.0 Å². The van der Waals surface area contributed by atoms with E-state index in [2.05, 4.69) is 0 Å². The first-order chi connectivity index (χ1) is 7.00. The maximum absolute atomic E-state index is 12.7. The first kappa shape index (κ1) is 11.3. The largest absolute Gasteiger partial charge is 0.481 e. The standard InChI is InChI=1S/C10H7F3O2/c11-7-4-6(2-1-3-9(14)15)5-8(12)10(7)13/h1-2,4-5H,3H2,(H,14,15). The Morgan fingerprint density at radius 1 is 1.27 bits per heavy atom. The molecule has 1 aromatic rings. The van der Waals surface area contributed by atoms with Gasteiger partial charge in [-0.25, -0.2) is 13.2 Å². The lowest BCUT2D eigenvalue weighted by molar-refractivity contribution is -0.135. The first-order valence-electron chi connectivity index (χ1n) is 4.03. The Morgan fingerprint density at radius 2 is 1.80 bits per heavy atom. The summed E-state index contributed by atoms with van der Waals surface area (Å²) in [6.45, 7) is 0. The van der Waals surface area contributed by atoms with E-state index in [1.165, 1.54) is 12.2 Å². The van der Waals surface area contributed by atoms with Crippen molar-refractivity contribution in [1.29, 1.82) is 0 Å². The highest BCUT2D eigenvalue weighted by Gasteiger charge is 2.08. The average Bonchev–Trinajstić information content (AvgIpc) is 2.13. The summed E-state index contributed by atoms with van der Waals surface area (Å²) in [5.41, 5.74) is 0.0765. The van der Waals surface area contributed by atoms with Gasteiger partial charge in [0, 0.05) is 0 Å². The average molecular weight is 216 g/mol. The van der Waals surface area contributed by atoms with Crippen LogP contribution < -0.4 is 0 Å². The highest BCUT2D eigenvalue weighted by molar-refractivity contribution is 5.70. The molecule has 0 aliphatic heterocycles. The van der Waals surface area contributed by atoms with Crippen molar-refractivity contribution in [1.82, 2.24) is 0 Å². The van der Waals surface area contributed by atoms with Gasteiger partial charge in [-0.15, -0.1) is 0 Å². The summed E-state index contributed by atoms with van der Waals surface area (Å²) in [6.07, 6.45) is 2.16. The number of benzene rings is 1. The van der Waals surface area contributed by atoms with E-state index in [4.69, 9.17) is 5.11 Å². The van der Waals surface area contributed by atoms with E-state index < -0.39 is 23.4 Å². The fourth-order valence-corrected chi connectivity index (χ4v) is 0.967. The Balaban J connectivity index is 2.87. The number of hydrogen-bond donors (Lipinski definition) is 1. The fraction of sp³-hybridized carbons (Fsp3) is 0.100. The molecule has 2 nitrogen and oxygen atoms in total. The molecule has 0 fully saturated rings. The molecule has 0 heterocycles. The van der Waals surface area contributed by atoms with Crippen molar-refractivity contribution in [3.63, 3.8) is 0 Å². The van der Waals surface area contributed by atoms with Gasteiger partial charge < -0.3 is 5.11 Å². The smallest absolute Gasteiger partial charge is 0.307 e. The molecule has 0 aliphatic rings. The van der Waals surface area contributed by atoms with Gasteiger partial charge >= 0.3 is 5.97 Å². The van der Waals surface area contributed by atoms with Gasteiger partial charge in [-0.2, -0.15) is 0 Å². The molecule has 0 atom stereocenters. The van der Waals surface area contributed by atoms with Crippen LogP contribution in [0.25, 0.3) is 6.08 Å². The number of halogens is 3. The van der Waals surface area contributed by atoms with E-state index >= 15 is 0 Å². The minimum absolute atomic E-state index is 0.0765. The Morgan fingerprint density at radius 3 is 2.27 bits per heavy atom. The summed E-state index contributed by atoms with van der Waals surface area (Å²) in [5, 5.41) is 8.29. The van der Waals surface area contributed by atoms with E-state index in [1.807, 2.05) is 0 Å². The summed E-state index contributed by atoms with van der Waals surface area (Å²) in [6, 6.07) is 1.58. The third-order valence-electron chi connectivity index (χ3n) is 1.61. The van der Waals surface area contributed by atoms with Crippen molar-refractivity contribution < 1.29 is 23.1 Å². The quantitative estimate of drug-likeness (QED) is 0.788. The molecule has 5 heteroatoms. The van der Waals surface area contributed by atoms with E-state index in [1.54, 1.807) is 0 Å². The van der Waals surface area contributed by atoms with Crippen LogP contribution >= 0.6 is 0 Å². The van der Waals surface area contributed by atoms with Crippen LogP contribution in [0.1, 0.15) is 12.0 Å². The van der Waals surface area contributed by atoms with Crippen molar-refractivity contribution in [3.8, 4) is 0 Å². The van der Waals surface area contributed by atoms with Crippen LogP contribution in [0.2, 0.25) is 0 Å². The van der Waals surface area contributed by atoms with Crippen molar-refractivity contribution in [2.45, 2.75) is 6.42 Å². The van der Waals surface area contributed by atoms with E-state index in [-0.39, 0.29) is 12.0 Å². The molecule has 0 saturated heterocycles. The molecule has 0 amide bonds. The zero-order chi connectivity index (χ0) is 11.4. The topological polar surface area (TPSA) is 37.3 Å². The van der Waals surface area contributed by atoms with Crippen LogP contribution in [0.3, 0.4) is 0 Å². The molecular weight excluding hydrogens is 209 g/mol. The molecule has 15 heavy (non-hydrogen) atoms. The number of carboxylic acids is 1. The summed E-state index contributed by atoms with van der Waals surface area (Å²) >= 11 is 0. The third-order valence-corrected chi connectivity index (χ3v) is 1.61. The summed E-state index contributed by atoms with van der Waals surface area (Å²) < 4.78 is 37.8. The van der Waals surface area contributed by atoms with Crippen LogP contribution in [-0.4, -0.2) is 11.1 Å². The second kappa shape index (κ2) is 4.63. The molecule has 0 aliphatic carbocycles. The van der Waals surface area contributed by atoms with Crippen LogP contribution in [0.15, 0.2) is 18.2 Å². The highest BCUT2D eigenvalue weighted by atomic mass is 19.2. The molecule has 0 bridgehead atoms. The molecule has 1 rings (SSSR count). The molecule has 80 valence electrons. The maximum atomic E-state index is 12.7. The van der Waals surface area contributed by atoms with Gasteiger partial charge in [0.15, 0.2) is 17.5 Å². The maximum Gasteiger partial charge on any atom is 0.307 e. The van der Waals surface area contributed by atoms with E-state index in [0.717, 1.165) is 12.1 Å². The fourth-order valence-electron chi connectivity index (χ4n) is 0.967. The van der Waals surface area contributed by atoms with Crippen molar-refractivity contribution in [3.05, 3.63) is 41.2 Å². The highest BCUT2D eigenvalue weighted by Crippen LogP contribution is 2.14. The lowest BCUT2D eigenvalue weighted by Gasteiger charge is -1.97. The molecule has 1 aromatic carbocycles. The number of aliphatic carboxylic acids is 1. The minimum Gasteiger partial charge on any atom is -0.481 e. The molecule has 1 N–H and O–H groups in total. The second-order valence-electron chi connectivity index (χ2n) is 2.80. The molecule has 0 spiro atoms. The van der Waals surface area contributed by atoms with Gasteiger partial charge in [-0.3, -0.25) is 4.79 Å². The second-order valence-corrected chi connectivity index (χ2v) is 2.80. The van der Waals surface area contributed by atoms with Crippen molar-refractivity contribution in [2.24, 2.45) is 0 Å². The van der Waals surface area contributed by atoms with Gasteiger partial charge in [0.05, 0.1) is 6.42 Å². The first-order valence-corrected chi connectivity index (χ1v) is 4.03. The zero-order valence-corrected chi connectivity index (χ0v) is 7.51. The summed E-state index contributed by atoms with van der Waals surface area (Å²) in [4.78, 5) is 10.1. The Labute approximate surface area is 83.7 Å². The predicted octanol–water partition coefficient (Wildman–Crippen LogP) is 2.59. The molecule has 0 radical (unpaired) electrons. The van der Waals surface area contributed by atoms with Crippen LogP contribution in [-0.2, 0) is 4.79 Å². The van der Waals surface area contributed by atoms with Crippen LogP contribution in [0.4, 0.5) is 13.2 Å². The zero-order valence-electron chi connectivity index (χ0n) is 7.51. The number of carboxylic acid groups (broad SMARTS) is 1. The normalized spacial score (nSPS) is 10.9. The number of rotatable bonds is 3. The molecular formula is C10H7F3O2. The monoisotopic (exact) mass is 216 g/mol. The van der Waals surface area contributed by atoms with Gasteiger partial charge in [0.2, 0.25) is 0 Å². The van der Waals surface area contributed by atoms with Gasteiger partial charge in [0.1, 0.15) is 0 Å². The predicted molar refractivity (Wildman–Crippen MR) is 47.6 cm³/mol. The lowest BCUT2D eigenvalue weighted by Crippen LogP contribution is -1.92. The van der Waals surface area contributed by atoms with E-state index in [0.29, 0.717) is 0 Å². The number of hydrogen-bond acceptors (Lipinski definition) is 1. The Kier molecular flexibility index (Phi) is 3.49. The molecule has 0 unspecified atom stereocenters. The van der Waals surface area contributed by atoms with Crippen molar-refractivity contribution >= 4 is 12.0 Å². The van der Waals surface area contributed by atoms with Gasteiger partial charge in [0.25, 0.3) is 0 Å². The summed E-state index contributed by atoms with van der Waals surface area (Å²) in [5.74, 6) is -5.20. The third kappa shape index (κ3) is 3.12. The summed E-state index contributed by atoms with van der Waals surface area (Å²) in [7, 11) is 0.